The maximum Gasteiger partial charge on any atom is 0.303 e. The number of aliphatic hydroxyl groups is 3. The van der Waals surface area contributed by atoms with E-state index in [2.05, 4.69) is 10.6 Å². The maximum absolute atomic E-state index is 11.1. The molecule has 10 N–H and O–H groups in total. The number of amides is 2. The number of aliphatic carboxylic acids is 1. The summed E-state index contributed by atoms with van der Waals surface area (Å²) >= 11 is 1.96. The fraction of sp³-hybridized carbons (Fsp3) is 0.462. The van der Waals surface area contributed by atoms with Gasteiger partial charge in [-0.05, 0) is 59.5 Å². The van der Waals surface area contributed by atoms with E-state index in [9.17, 15) is 29.7 Å². The van der Waals surface area contributed by atoms with Crippen LogP contribution in [0.2, 0.25) is 0 Å². The number of aliphatic hydroxyl groups excluding tert-OH is 3. The molecule has 0 bridgehead atoms. The minimum atomic E-state index is -0.884. The van der Waals surface area contributed by atoms with Crippen LogP contribution >= 0.6 is 47.4 Å². The zero-order chi connectivity index (χ0) is 44.6. The maximum atomic E-state index is 11.1. The fourth-order valence-electron chi connectivity index (χ4n) is 4.26. The second-order valence-corrected chi connectivity index (χ2v) is 11.0. The van der Waals surface area contributed by atoms with Gasteiger partial charge < -0.3 is 70.9 Å². The second kappa shape index (κ2) is 37.0. The zero-order valence-corrected chi connectivity index (χ0v) is 38.5. The lowest BCUT2D eigenvalue weighted by molar-refractivity contribution is -0.136. The number of rotatable bonds is 17. The number of ether oxygens (including phenoxy) is 6. The Morgan fingerprint density at radius 1 is 0.627 bits per heavy atom. The number of nitrogens with two attached hydrogens (primary N) is 2. The van der Waals surface area contributed by atoms with Crippen LogP contribution in [0, 0.1) is 0 Å². The summed E-state index contributed by atoms with van der Waals surface area (Å²) in [6.45, 7) is 3.62. The third kappa shape index (κ3) is 24.6. The Bertz CT molecular complexity index is 1540. The van der Waals surface area contributed by atoms with Crippen LogP contribution < -0.4 is 50.5 Å². The number of carbonyl (C=O) groups is 3. The number of benzene rings is 3. The van der Waals surface area contributed by atoms with Gasteiger partial charge in [-0.1, -0.05) is 36.4 Å². The van der Waals surface area contributed by atoms with Crippen molar-refractivity contribution in [2.24, 2.45) is 11.5 Å². The molecule has 3 unspecified atom stereocenters. The standard InChI is InChI=1S/C13H19NO4.C12H18N2O4.C10H15NO3.C3H6O2.CH3I.2ClH/c1-4-13(16)14-8-11(15)10-7-9(17-2)5-6-12(10)18-3;1-17-8-3-4-11(18-2)9(5-8)10(15)7-14-12(16)6-13;1-13-7-3-4-10(14-2)8(5-7)9(12)6-11;1-2-3(4)5;1-2;;/h5-7,11,15H,4,8H2,1-3H3,(H,14,16);3-5,10,15H,6-7,13H2,1-2H3,(H,14,16);3-5,9,12H,6,11H2,1-2H3;2H2,1H3,(H,4,5);1H3;2*1H/i;;;;1D;;. The summed E-state index contributed by atoms with van der Waals surface area (Å²) in [5.41, 5.74) is 12.3. The quantitative estimate of drug-likeness (QED) is 0.0698. The lowest BCUT2D eigenvalue weighted by Crippen LogP contribution is -2.33. The summed E-state index contributed by atoms with van der Waals surface area (Å²) in [7, 11) is 9.25. The van der Waals surface area contributed by atoms with Crippen LogP contribution in [0.4, 0.5) is 0 Å². The lowest BCUT2D eigenvalue weighted by Gasteiger charge is -2.16. The van der Waals surface area contributed by atoms with Crippen molar-refractivity contribution in [2.75, 3.05) is 73.7 Å². The van der Waals surface area contributed by atoms with E-state index < -0.39 is 24.3 Å². The van der Waals surface area contributed by atoms with Crippen molar-refractivity contribution >= 4 is 65.2 Å². The number of methoxy groups -OCH3 is 6. The van der Waals surface area contributed by atoms with E-state index in [-0.39, 0.29) is 69.2 Å². The molecule has 3 aromatic carbocycles. The van der Waals surface area contributed by atoms with Crippen LogP contribution in [-0.4, -0.2) is 112 Å². The first-order valence-corrected chi connectivity index (χ1v) is 18.9. The third-order valence-electron chi connectivity index (χ3n) is 7.40. The number of halogens is 3. The largest absolute Gasteiger partial charge is 0.497 e. The van der Waals surface area contributed by atoms with E-state index in [4.69, 9.17) is 46.4 Å². The van der Waals surface area contributed by atoms with E-state index in [0.717, 1.165) is 0 Å². The van der Waals surface area contributed by atoms with Crippen LogP contribution in [0.25, 0.3) is 0 Å². The summed E-state index contributed by atoms with van der Waals surface area (Å²) in [4.78, 5) is 32.0. The predicted octanol–water partition coefficient (Wildman–Crippen LogP) is 4.15. The van der Waals surface area contributed by atoms with Crippen molar-refractivity contribution in [1.29, 1.82) is 0 Å². The Labute approximate surface area is 374 Å². The van der Waals surface area contributed by atoms with Crippen molar-refractivity contribution in [3.63, 3.8) is 0 Å². The van der Waals surface area contributed by atoms with Crippen molar-refractivity contribution in [3.05, 3.63) is 71.3 Å². The Balaban J connectivity index is -0.000000355. The van der Waals surface area contributed by atoms with E-state index in [1.807, 2.05) is 22.6 Å². The topological polar surface area (TPSA) is 264 Å². The van der Waals surface area contributed by atoms with Gasteiger partial charge in [0.15, 0.2) is 0 Å². The van der Waals surface area contributed by atoms with E-state index in [1.165, 1.54) is 21.3 Å². The average Bonchev–Trinajstić information content (AvgIpc) is 3.26. The van der Waals surface area contributed by atoms with Gasteiger partial charge in [0.2, 0.25) is 11.8 Å². The minimum absolute atomic E-state index is 0. The summed E-state index contributed by atoms with van der Waals surface area (Å²) < 4.78 is 36.8. The molecule has 3 atom stereocenters. The van der Waals surface area contributed by atoms with Gasteiger partial charge in [0.05, 0.1) is 67.5 Å². The zero-order valence-electron chi connectivity index (χ0n) is 35.7. The highest BCUT2D eigenvalue weighted by Gasteiger charge is 2.17. The smallest absolute Gasteiger partial charge is 0.303 e. The molecular formula is C39H63Cl2IN4O13. The van der Waals surface area contributed by atoms with Gasteiger partial charge in [0, 0.05) is 50.5 Å². The molecule has 0 spiro atoms. The second-order valence-electron chi connectivity index (χ2n) is 11.0. The molecule has 0 saturated carbocycles. The number of hydrogen-bond acceptors (Lipinski definition) is 14. The Morgan fingerprint density at radius 2 is 0.932 bits per heavy atom. The normalized spacial score (nSPS) is 11.1. The summed E-state index contributed by atoms with van der Waals surface area (Å²) in [5.74, 6) is 2.45. The number of nitrogens with one attached hydrogen (secondary N) is 2. The highest BCUT2D eigenvalue weighted by Crippen LogP contribution is 2.31. The van der Waals surface area contributed by atoms with Crippen molar-refractivity contribution in [3.8, 4) is 34.5 Å². The summed E-state index contributed by atoms with van der Waals surface area (Å²) in [5, 5.41) is 42.5. The van der Waals surface area contributed by atoms with Gasteiger partial charge in [-0.2, -0.15) is 0 Å². The summed E-state index contributed by atoms with van der Waals surface area (Å²) in [6, 6.07) is 15.5. The molecule has 20 heteroatoms. The first-order valence-electron chi connectivity index (χ1n) is 18.1. The SMILES string of the molecule is CCC(=O)NCC(O)c1cc(OC)ccc1OC.CCC(=O)O.COc1ccc(OC)c(C(O)CN)c1.COc1ccc(OC)c(C(O)CNC(=O)CN)c1.Cl.Cl.[2H]CI. The Kier molecular flexibility index (Phi) is 37.2. The van der Waals surface area contributed by atoms with Crippen LogP contribution in [0.15, 0.2) is 54.6 Å². The molecule has 0 fully saturated rings. The first kappa shape index (κ1) is 59.3. The molecule has 0 radical (unpaired) electrons. The number of carboxylic acids is 1. The van der Waals surface area contributed by atoms with Crippen LogP contribution in [0.1, 0.15) is 63.1 Å². The first-order chi connectivity index (χ1) is 27.6. The van der Waals surface area contributed by atoms with Crippen LogP contribution in [0.3, 0.4) is 0 Å². The number of hydrogen-bond donors (Lipinski definition) is 8. The molecular weight excluding hydrogens is 930 g/mol. The molecule has 3 aromatic rings. The van der Waals surface area contributed by atoms with Crippen LogP contribution in [0.5, 0.6) is 34.5 Å². The third-order valence-corrected chi connectivity index (χ3v) is 7.40. The van der Waals surface area contributed by atoms with Gasteiger partial charge in [0.1, 0.15) is 34.5 Å². The Hall–Kier alpha value is -4.02. The van der Waals surface area contributed by atoms with Crippen molar-refractivity contribution in [2.45, 2.75) is 45.0 Å². The van der Waals surface area contributed by atoms with Gasteiger partial charge in [-0.25, -0.2) is 0 Å². The molecule has 0 aromatic heterocycles. The molecule has 338 valence electrons. The minimum Gasteiger partial charge on any atom is -0.497 e. The number of alkyl halides is 1. The monoisotopic (exact) mass is 993 g/mol. The van der Waals surface area contributed by atoms with Gasteiger partial charge >= 0.3 is 5.97 Å². The molecule has 59 heavy (non-hydrogen) atoms. The number of carboxylic acid groups (broad SMARTS) is 1. The lowest BCUT2D eigenvalue weighted by atomic mass is 10.1. The van der Waals surface area contributed by atoms with Gasteiger partial charge in [-0.15, -0.1) is 24.8 Å². The molecule has 0 aliphatic carbocycles. The van der Waals surface area contributed by atoms with Gasteiger partial charge in [-0.3, -0.25) is 14.4 Å². The number of carbonyl (C=O) groups excluding carboxylic acids is 2. The highest BCUT2D eigenvalue weighted by molar-refractivity contribution is 14.1. The van der Waals surface area contributed by atoms with Crippen molar-refractivity contribution in [1.82, 2.24) is 10.6 Å². The van der Waals surface area contributed by atoms with Crippen LogP contribution in [-0.2, 0) is 14.4 Å². The fourth-order valence-corrected chi connectivity index (χ4v) is 4.26. The molecule has 17 nitrogen and oxygen atoms in total. The molecule has 0 heterocycles. The summed E-state index contributed by atoms with van der Waals surface area (Å²) in [6.07, 6.45) is -1.82. The average molecular weight is 995 g/mol. The molecule has 0 aliphatic rings. The molecule has 3 rings (SSSR count). The van der Waals surface area contributed by atoms with E-state index >= 15 is 0 Å². The highest BCUT2D eigenvalue weighted by atomic mass is 127. The van der Waals surface area contributed by atoms with E-state index in [0.29, 0.717) is 62.5 Å². The molecule has 2 amide bonds. The van der Waals surface area contributed by atoms with Gasteiger partial charge in [0.25, 0.3) is 0 Å². The van der Waals surface area contributed by atoms with Crippen molar-refractivity contribution < 1.29 is 64.6 Å². The Morgan fingerprint density at radius 3 is 1.17 bits per heavy atom. The molecule has 0 aliphatic heterocycles. The predicted molar refractivity (Wildman–Crippen MR) is 240 cm³/mol. The molecule has 0 saturated heterocycles. The van der Waals surface area contributed by atoms with E-state index in [1.54, 1.807) is 89.8 Å².